The van der Waals surface area contributed by atoms with Gasteiger partial charge in [-0.3, -0.25) is 14.4 Å². The third-order valence-electron chi connectivity index (χ3n) is 4.65. The fraction of sp³-hybridized carbons (Fsp3) is 0.444. The van der Waals surface area contributed by atoms with Crippen LogP contribution >= 0.6 is 0 Å². The van der Waals surface area contributed by atoms with Gasteiger partial charge in [0, 0.05) is 32.4 Å². The van der Waals surface area contributed by atoms with Gasteiger partial charge >= 0.3 is 5.97 Å². The van der Waals surface area contributed by atoms with Gasteiger partial charge in [-0.2, -0.15) is 5.10 Å². The summed E-state index contributed by atoms with van der Waals surface area (Å²) in [4.78, 5) is 37.3. The second-order valence-corrected chi connectivity index (χ2v) is 6.42. The van der Waals surface area contributed by atoms with Crippen LogP contribution < -0.4 is 5.01 Å². The van der Waals surface area contributed by atoms with Crippen LogP contribution in [-0.2, 0) is 14.4 Å². The van der Waals surface area contributed by atoms with Gasteiger partial charge in [0.05, 0.1) is 5.69 Å². The lowest BCUT2D eigenvalue weighted by atomic mass is 9.93. The van der Waals surface area contributed by atoms with Crippen molar-refractivity contribution in [2.45, 2.75) is 32.1 Å². The average Bonchev–Trinajstić information content (AvgIpc) is 2.62. The maximum Gasteiger partial charge on any atom is 0.303 e. The molecule has 0 spiro atoms. The summed E-state index contributed by atoms with van der Waals surface area (Å²) in [5.74, 6) is -0.944. The first-order valence-corrected chi connectivity index (χ1v) is 8.51. The summed E-state index contributed by atoms with van der Waals surface area (Å²) in [6.07, 6.45) is 2.13. The predicted octanol–water partition coefficient (Wildman–Crippen LogP) is 1.88. The Balaban J connectivity index is 1.68. The van der Waals surface area contributed by atoms with Crippen LogP contribution in [0.4, 0.5) is 5.69 Å². The minimum Gasteiger partial charge on any atom is -0.481 e. The van der Waals surface area contributed by atoms with Gasteiger partial charge in [-0.25, -0.2) is 5.01 Å². The van der Waals surface area contributed by atoms with Crippen LogP contribution in [0.15, 0.2) is 35.4 Å². The number of carboxylic acid groups (broad SMARTS) is 1. The molecule has 1 aromatic rings. The molecule has 1 saturated heterocycles. The number of carbonyl (C=O) groups is 3. The van der Waals surface area contributed by atoms with Gasteiger partial charge in [-0.1, -0.05) is 18.2 Å². The van der Waals surface area contributed by atoms with Gasteiger partial charge in [0.25, 0.3) is 5.91 Å². The Morgan fingerprint density at radius 3 is 2.44 bits per heavy atom. The summed E-state index contributed by atoms with van der Waals surface area (Å²) in [7, 11) is 0. The number of rotatable bonds is 4. The Morgan fingerprint density at radius 1 is 1.12 bits per heavy atom. The Morgan fingerprint density at radius 2 is 1.80 bits per heavy atom. The van der Waals surface area contributed by atoms with Crippen molar-refractivity contribution in [2.24, 2.45) is 11.0 Å². The van der Waals surface area contributed by atoms with Crippen LogP contribution in [-0.4, -0.2) is 46.6 Å². The molecule has 1 fully saturated rings. The molecule has 0 radical (unpaired) electrons. The first-order valence-electron chi connectivity index (χ1n) is 8.51. The number of carboxylic acids is 1. The lowest BCUT2D eigenvalue weighted by molar-refractivity contribution is -0.138. The maximum atomic E-state index is 12.7. The molecule has 0 saturated carbocycles. The second-order valence-electron chi connectivity index (χ2n) is 6.42. The molecular weight excluding hydrogens is 322 g/mol. The first-order chi connectivity index (χ1) is 12.0. The number of hydrogen-bond donors (Lipinski definition) is 1. The molecular formula is C18H21N3O4. The third-order valence-corrected chi connectivity index (χ3v) is 4.65. The second kappa shape index (κ2) is 7.46. The van der Waals surface area contributed by atoms with Crippen LogP contribution in [0, 0.1) is 5.92 Å². The van der Waals surface area contributed by atoms with Gasteiger partial charge in [0.1, 0.15) is 5.71 Å². The number of para-hydroxylation sites is 1. The van der Waals surface area contributed by atoms with Gasteiger partial charge in [0.2, 0.25) is 5.91 Å². The molecule has 1 aromatic carbocycles. The molecule has 0 aromatic heterocycles. The van der Waals surface area contributed by atoms with E-state index >= 15 is 0 Å². The Bertz CT molecular complexity index is 694. The monoisotopic (exact) mass is 343 g/mol. The van der Waals surface area contributed by atoms with Crippen LogP contribution in [0.1, 0.15) is 32.1 Å². The molecule has 7 nitrogen and oxygen atoms in total. The average molecular weight is 343 g/mol. The van der Waals surface area contributed by atoms with Crippen molar-refractivity contribution in [3.05, 3.63) is 30.3 Å². The van der Waals surface area contributed by atoms with E-state index < -0.39 is 5.97 Å². The highest BCUT2D eigenvalue weighted by molar-refractivity contribution is 6.40. The highest BCUT2D eigenvalue weighted by Crippen LogP contribution is 2.23. The molecule has 3 rings (SSSR count). The zero-order chi connectivity index (χ0) is 17.8. The number of aliphatic carboxylic acids is 1. The summed E-state index contributed by atoms with van der Waals surface area (Å²) in [6, 6.07) is 9.07. The van der Waals surface area contributed by atoms with Crippen molar-refractivity contribution in [2.75, 3.05) is 18.1 Å². The van der Waals surface area contributed by atoms with Crippen LogP contribution in [0.5, 0.6) is 0 Å². The SMILES string of the molecule is O=C(O)CC1CCN(C(=O)C2=NN(c3ccccc3)C(=O)CC2)CC1. The van der Waals surface area contributed by atoms with E-state index in [0.717, 1.165) is 0 Å². The number of carbonyl (C=O) groups excluding carboxylic acids is 2. The normalized spacial score (nSPS) is 18.9. The van der Waals surface area contributed by atoms with Gasteiger partial charge in [-0.05, 0) is 30.9 Å². The Labute approximate surface area is 145 Å². The molecule has 0 aliphatic carbocycles. The van der Waals surface area contributed by atoms with Crippen LogP contribution in [0.25, 0.3) is 0 Å². The fourth-order valence-electron chi connectivity index (χ4n) is 3.25. The van der Waals surface area contributed by atoms with E-state index in [-0.39, 0.29) is 30.6 Å². The van der Waals surface area contributed by atoms with E-state index in [0.29, 0.717) is 43.8 Å². The van der Waals surface area contributed by atoms with E-state index in [1.807, 2.05) is 18.2 Å². The van der Waals surface area contributed by atoms with Crippen molar-refractivity contribution >= 4 is 29.2 Å². The van der Waals surface area contributed by atoms with Crippen molar-refractivity contribution in [3.63, 3.8) is 0 Å². The summed E-state index contributed by atoms with van der Waals surface area (Å²) in [5, 5.41) is 14.5. The van der Waals surface area contributed by atoms with E-state index in [1.54, 1.807) is 17.0 Å². The topological polar surface area (TPSA) is 90.3 Å². The van der Waals surface area contributed by atoms with E-state index in [1.165, 1.54) is 5.01 Å². The van der Waals surface area contributed by atoms with Gasteiger partial charge in [0.15, 0.2) is 0 Å². The van der Waals surface area contributed by atoms with E-state index in [4.69, 9.17) is 5.11 Å². The number of piperidine rings is 1. The van der Waals surface area contributed by atoms with E-state index in [9.17, 15) is 14.4 Å². The lowest BCUT2D eigenvalue weighted by Gasteiger charge is -2.32. The standard InChI is InChI=1S/C18H21N3O4/c22-16-7-6-15(19-21(16)14-4-2-1-3-5-14)18(25)20-10-8-13(9-11-20)12-17(23)24/h1-5,13H,6-12H2,(H,23,24). The zero-order valence-corrected chi connectivity index (χ0v) is 13.9. The molecule has 7 heteroatoms. The first kappa shape index (κ1) is 17.1. The number of benzene rings is 1. The molecule has 2 aliphatic heterocycles. The largest absolute Gasteiger partial charge is 0.481 e. The molecule has 25 heavy (non-hydrogen) atoms. The number of anilines is 1. The highest BCUT2D eigenvalue weighted by Gasteiger charge is 2.30. The Kier molecular flexibility index (Phi) is 5.11. The molecule has 0 bridgehead atoms. The van der Waals surface area contributed by atoms with Crippen molar-refractivity contribution in [1.82, 2.24) is 4.90 Å². The lowest BCUT2D eigenvalue weighted by Crippen LogP contribution is -2.45. The number of amides is 2. The summed E-state index contributed by atoms with van der Waals surface area (Å²) >= 11 is 0. The third kappa shape index (κ3) is 4.04. The fourth-order valence-corrected chi connectivity index (χ4v) is 3.25. The zero-order valence-electron chi connectivity index (χ0n) is 13.9. The number of nitrogens with zero attached hydrogens (tertiary/aromatic N) is 3. The Hall–Kier alpha value is -2.70. The minimum absolute atomic E-state index is 0.122. The van der Waals surface area contributed by atoms with Crippen LogP contribution in [0.3, 0.4) is 0 Å². The predicted molar refractivity (Wildman–Crippen MR) is 92.2 cm³/mol. The number of likely N-dealkylation sites (tertiary alicyclic amines) is 1. The van der Waals surface area contributed by atoms with Gasteiger partial charge in [-0.15, -0.1) is 0 Å². The smallest absolute Gasteiger partial charge is 0.303 e. The molecule has 2 aliphatic rings. The van der Waals surface area contributed by atoms with E-state index in [2.05, 4.69) is 5.10 Å². The summed E-state index contributed by atoms with van der Waals surface area (Å²) in [5.41, 5.74) is 1.04. The molecule has 2 amide bonds. The summed E-state index contributed by atoms with van der Waals surface area (Å²) in [6.45, 7) is 1.07. The number of hydrazone groups is 1. The summed E-state index contributed by atoms with van der Waals surface area (Å²) < 4.78 is 0. The quantitative estimate of drug-likeness (QED) is 0.904. The maximum absolute atomic E-state index is 12.7. The number of hydrogen-bond acceptors (Lipinski definition) is 4. The molecule has 132 valence electrons. The molecule has 0 unspecified atom stereocenters. The van der Waals surface area contributed by atoms with Crippen molar-refractivity contribution < 1.29 is 19.5 Å². The van der Waals surface area contributed by atoms with Crippen molar-refractivity contribution in [3.8, 4) is 0 Å². The van der Waals surface area contributed by atoms with Crippen LogP contribution in [0.2, 0.25) is 0 Å². The van der Waals surface area contributed by atoms with Crippen molar-refractivity contribution in [1.29, 1.82) is 0 Å². The highest BCUT2D eigenvalue weighted by atomic mass is 16.4. The minimum atomic E-state index is -0.793. The molecule has 1 N–H and O–H groups in total. The van der Waals surface area contributed by atoms with Gasteiger partial charge < -0.3 is 10.0 Å². The molecule has 2 heterocycles. The molecule has 0 atom stereocenters.